The van der Waals surface area contributed by atoms with E-state index in [9.17, 15) is 14.7 Å². The van der Waals surface area contributed by atoms with E-state index in [4.69, 9.17) is 23.2 Å². The minimum absolute atomic E-state index is 0.0473. The summed E-state index contributed by atoms with van der Waals surface area (Å²) in [6.45, 7) is 1.47. The van der Waals surface area contributed by atoms with Crippen molar-refractivity contribution in [3.63, 3.8) is 0 Å². The van der Waals surface area contributed by atoms with E-state index in [0.717, 1.165) is 6.42 Å². The van der Waals surface area contributed by atoms with Gasteiger partial charge in [0.25, 0.3) is 0 Å². The molecule has 0 aliphatic heterocycles. The number of aliphatic carboxylic acids is 1. The fourth-order valence-corrected chi connectivity index (χ4v) is 3.25. The van der Waals surface area contributed by atoms with Crippen LogP contribution < -0.4 is 5.32 Å². The SMILES string of the molecule is CC(NC(=O)C1CC1C1CC1)(C(=O)O)c1ccc(Cl)c(Cl)c1. The van der Waals surface area contributed by atoms with E-state index in [-0.39, 0.29) is 16.8 Å². The van der Waals surface area contributed by atoms with Crippen LogP contribution in [0.4, 0.5) is 0 Å². The first-order valence-corrected chi connectivity index (χ1v) is 8.09. The molecule has 0 spiro atoms. The van der Waals surface area contributed by atoms with Crippen molar-refractivity contribution in [2.75, 3.05) is 0 Å². The molecule has 22 heavy (non-hydrogen) atoms. The van der Waals surface area contributed by atoms with Crippen LogP contribution in [0.2, 0.25) is 10.0 Å². The predicted molar refractivity (Wildman–Crippen MR) is 83.9 cm³/mol. The quantitative estimate of drug-likeness (QED) is 0.861. The number of benzene rings is 1. The molecule has 1 aromatic rings. The lowest BCUT2D eigenvalue weighted by atomic mass is 9.91. The molecule has 6 heteroatoms. The molecule has 3 rings (SSSR count). The molecule has 3 atom stereocenters. The third-order valence-electron chi connectivity index (χ3n) is 4.70. The first-order valence-electron chi connectivity index (χ1n) is 7.34. The third kappa shape index (κ3) is 2.82. The van der Waals surface area contributed by atoms with Gasteiger partial charge in [0.15, 0.2) is 5.54 Å². The molecule has 2 fully saturated rings. The Morgan fingerprint density at radius 1 is 1.27 bits per heavy atom. The van der Waals surface area contributed by atoms with Crippen LogP contribution >= 0.6 is 23.2 Å². The highest BCUT2D eigenvalue weighted by molar-refractivity contribution is 6.42. The number of carboxylic acids is 1. The molecule has 3 unspecified atom stereocenters. The van der Waals surface area contributed by atoms with E-state index in [1.54, 1.807) is 6.07 Å². The number of carbonyl (C=O) groups excluding carboxylic acids is 1. The van der Waals surface area contributed by atoms with Gasteiger partial charge in [0.05, 0.1) is 10.0 Å². The van der Waals surface area contributed by atoms with Crippen LogP contribution in [-0.4, -0.2) is 17.0 Å². The van der Waals surface area contributed by atoms with Crippen LogP contribution in [-0.2, 0) is 15.1 Å². The molecule has 1 amide bonds. The van der Waals surface area contributed by atoms with Gasteiger partial charge in [0, 0.05) is 5.92 Å². The third-order valence-corrected chi connectivity index (χ3v) is 5.44. The van der Waals surface area contributed by atoms with Crippen LogP contribution in [0.15, 0.2) is 18.2 Å². The van der Waals surface area contributed by atoms with Gasteiger partial charge < -0.3 is 10.4 Å². The standard InChI is InChI=1S/C16H17Cl2NO3/c1-16(15(21)22,9-4-5-12(17)13(18)6-9)19-14(20)11-7-10(11)8-2-3-8/h4-6,8,10-11H,2-3,7H2,1H3,(H,19,20)(H,21,22). The van der Waals surface area contributed by atoms with Crippen LogP contribution in [0.25, 0.3) is 0 Å². The Bertz CT molecular complexity index is 644. The minimum Gasteiger partial charge on any atom is -0.479 e. The number of carbonyl (C=O) groups is 2. The highest BCUT2D eigenvalue weighted by Gasteiger charge is 2.52. The molecule has 0 bridgehead atoms. The van der Waals surface area contributed by atoms with Crippen molar-refractivity contribution >= 4 is 35.1 Å². The number of carboxylic acid groups (broad SMARTS) is 1. The van der Waals surface area contributed by atoms with Gasteiger partial charge in [-0.2, -0.15) is 0 Å². The molecule has 2 aliphatic rings. The number of nitrogens with one attached hydrogen (secondary N) is 1. The Kier molecular flexibility index (Phi) is 3.86. The summed E-state index contributed by atoms with van der Waals surface area (Å²) in [7, 11) is 0. The Morgan fingerprint density at radius 2 is 1.95 bits per heavy atom. The van der Waals surface area contributed by atoms with Gasteiger partial charge in [0.1, 0.15) is 0 Å². The van der Waals surface area contributed by atoms with Crippen molar-refractivity contribution in [2.45, 2.75) is 31.7 Å². The Balaban J connectivity index is 1.80. The van der Waals surface area contributed by atoms with Crippen LogP contribution in [0, 0.1) is 17.8 Å². The van der Waals surface area contributed by atoms with E-state index < -0.39 is 11.5 Å². The van der Waals surface area contributed by atoms with Crippen molar-refractivity contribution in [1.29, 1.82) is 0 Å². The average Bonchev–Trinajstić information content (AvgIpc) is 3.32. The van der Waals surface area contributed by atoms with Crippen LogP contribution in [0.5, 0.6) is 0 Å². The summed E-state index contributed by atoms with van der Waals surface area (Å²) < 4.78 is 0. The van der Waals surface area contributed by atoms with Crippen molar-refractivity contribution in [3.05, 3.63) is 33.8 Å². The minimum atomic E-state index is -1.51. The summed E-state index contributed by atoms with van der Waals surface area (Å²) in [5, 5.41) is 12.9. The lowest BCUT2D eigenvalue weighted by Gasteiger charge is -2.27. The van der Waals surface area contributed by atoms with Gasteiger partial charge in [-0.3, -0.25) is 4.79 Å². The number of rotatable bonds is 5. The van der Waals surface area contributed by atoms with Crippen molar-refractivity contribution in [1.82, 2.24) is 5.32 Å². The fraction of sp³-hybridized carbons (Fsp3) is 0.500. The van der Waals surface area contributed by atoms with Crippen molar-refractivity contribution in [2.24, 2.45) is 17.8 Å². The van der Waals surface area contributed by atoms with Crippen molar-refractivity contribution in [3.8, 4) is 0 Å². The van der Waals surface area contributed by atoms with Crippen molar-refractivity contribution < 1.29 is 14.7 Å². The smallest absolute Gasteiger partial charge is 0.333 e. The lowest BCUT2D eigenvalue weighted by molar-refractivity contribution is -0.147. The zero-order chi connectivity index (χ0) is 16.1. The Hall–Kier alpha value is -1.26. The van der Waals surface area contributed by atoms with Gasteiger partial charge in [-0.1, -0.05) is 29.3 Å². The van der Waals surface area contributed by atoms with Gasteiger partial charge in [-0.25, -0.2) is 4.79 Å². The molecule has 0 saturated heterocycles. The average molecular weight is 342 g/mol. The Labute approximate surface area is 138 Å². The summed E-state index contributed by atoms with van der Waals surface area (Å²) in [5.74, 6) is -0.256. The first kappa shape index (κ1) is 15.6. The molecule has 4 nitrogen and oxygen atoms in total. The van der Waals surface area contributed by atoms with Gasteiger partial charge >= 0.3 is 5.97 Å². The summed E-state index contributed by atoms with van der Waals surface area (Å²) in [6.07, 6.45) is 3.25. The number of hydrogen-bond donors (Lipinski definition) is 2. The number of amides is 1. The second-order valence-electron chi connectivity index (χ2n) is 6.39. The maximum absolute atomic E-state index is 12.4. The monoisotopic (exact) mass is 341 g/mol. The second-order valence-corrected chi connectivity index (χ2v) is 7.21. The first-order chi connectivity index (χ1) is 10.3. The maximum atomic E-state index is 12.4. The summed E-state index contributed by atoms with van der Waals surface area (Å²) in [6, 6.07) is 4.61. The molecule has 2 aliphatic carbocycles. The van der Waals surface area contributed by atoms with Crippen LogP contribution in [0.1, 0.15) is 31.7 Å². The summed E-state index contributed by atoms with van der Waals surface area (Å²) >= 11 is 11.8. The van der Waals surface area contributed by atoms with Gasteiger partial charge in [-0.15, -0.1) is 0 Å². The lowest BCUT2D eigenvalue weighted by Crippen LogP contribution is -2.50. The highest BCUT2D eigenvalue weighted by Crippen LogP contribution is 2.54. The van der Waals surface area contributed by atoms with E-state index in [1.807, 2.05) is 0 Å². The van der Waals surface area contributed by atoms with E-state index >= 15 is 0 Å². The molecule has 1 aromatic carbocycles. The zero-order valence-corrected chi connectivity index (χ0v) is 13.6. The molecule has 2 saturated carbocycles. The number of hydrogen-bond acceptors (Lipinski definition) is 2. The molecule has 0 heterocycles. The molecule has 118 valence electrons. The normalized spacial score (nSPS) is 26.1. The maximum Gasteiger partial charge on any atom is 0.333 e. The second kappa shape index (κ2) is 5.43. The molecule has 0 radical (unpaired) electrons. The molecular formula is C16H17Cl2NO3. The summed E-state index contributed by atoms with van der Waals surface area (Å²) in [4.78, 5) is 24.1. The Morgan fingerprint density at radius 3 is 2.50 bits per heavy atom. The molecular weight excluding hydrogens is 325 g/mol. The fourth-order valence-electron chi connectivity index (χ4n) is 2.96. The number of halogens is 2. The largest absolute Gasteiger partial charge is 0.479 e. The van der Waals surface area contributed by atoms with Gasteiger partial charge in [-0.05, 0) is 55.7 Å². The highest BCUT2D eigenvalue weighted by atomic mass is 35.5. The van der Waals surface area contributed by atoms with E-state index in [2.05, 4.69) is 5.32 Å². The zero-order valence-electron chi connectivity index (χ0n) is 12.1. The van der Waals surface area contributed by atoms with E-state index in [1.165, 1.54) is 31.9 Å². The van der Waals surface area contributed by atoms with Crippen LogP contribution in [0.3, 0.4) is 0 Å². The van der Waals surface area contributed by atoms with E-state index in [0.29, 0.717) is 22.4 Å². The molecule has 0 aromatic heterocycles. The topological polar surface area (TPSA) is 66.4 Å². The summed E-state index contributed by atoms with van der Waals surface area (Å²) in [5.41, 5.74) is -1.10. The van der Waals surface area contributed by atoms with Gasteiger partial charge in [0.2, 0.25) is 5.91 Å². The molecule has 2 N–H and O–H groups in total. The predicted octanol–water partition coefficient (Wildman–Crippen LogP) is 3.46.